The molecule has 0 saturated heterocycles. The minimum atomic E-state index is -1.00. The first-order chi connectivity index (χ1) is 8.95. The van der Waals surface area contributed by atoms with Gasteiger partial charge >= 0.3 is 5.69 Å². The van der Waals surface area contributed by atoms with Gasteiger partial charge in [0.25, 0.3) is 0 Å². The summed E-state index contributed by atoms with van der Waals surface area (Å²) in [4.78, 5) is 9.76. The van der Waals surface area contributed by atoms with E-state index >= 15 is 0 Å². The van der Waals surface area contributed by atoms with Crippen molar-refractivity contribution in [1.29, 1.82) is 0 Å². The van der Waals surface area contributed by atoms with E-state index in [9.17, 15) is 24.7 Å². The van der Waals surface area contributed by atoms with Crippen LogP contribution in [0, 0.1) is 15.9 Å². The van der Waals surface area contributed by atoms with Crippen molar-refractivity contribution in [2.75, 3.05) is 0 Å². The van der Waals surface area contributed by atoms with Gasteiger partial charge in [0.2, 0.25) is 11.7 Å². The SMILES string of the molecule is O=[N+]([O-])c1cc(-n2c(O)cc(CCl)c2O)ccc1F. The number of benzene rings is 1. The van der Waals surface area contributed by atoms with E-state index in [1.54, 1.807) is 0 Å². The number of halogens is 2. The van der Waals surface area contributed by atoms with Gasteiger partial charge in [0.05, 0.1) is 16.5 Å². The third-order valence-electron chi connectivity index (χ3n) is 2.56. The largest absolute Gasteiger partial charge is 0.494 e. The second-order valence-corrected chi connectivity index (χ2v) is 3.98. The lowest BCUT2D eigenvalue weighted by Crippen LogP contribution is -1.98. The van der Waals surface area contributed by atoms with E-state index in [4.69, 9.17) is 11.6 Å². The van der Waals surface area contributed by atoms with Gasteiger partial charge in [-0.3, -0.25) is 14.7 Å². The highest BCUT2D eigenvalue weighted by Gasteiger charge is 2.19. The molecule has 19 heavy (non-hydrogen) atoms. The number of nitro groups is 1. The Hall–Kier alpha value is -2.28. The topological polar surface area (TPSA) is 88.5 Å². The van der Waals surface area contributed by atoms with Gasteiger partial charge in [0, 0.05) is 17.7 Å². The second-order valence-electron chi connectivity index (χ2n) is 3.71. The van der Waals surface area contributed by atoms with Crippen LogP contribution in [0.1, 0.15) is 5.56 Å². The number of alkyl halides is 1. The number of hydrogen-bond donors (Lipinski definition) is 2. The molecule has 0 fully saturated rings. The number of hydrogen-bond acceptors (Lipinski definition) is 4. The van der Waals surface area contributed by atoms with Gasteiger partial charge in [0.1, 0.15) is 0 Å². The molecule has 0 bridgehead atoms. The Morgan fingerprint density at radius 1 is 1.37 bits per heavy atom. The van der Waals surface area contributed by atoms with Crippen LogP contribution in [0.15, 0.2) is 24.3 Å². The van der Waals surface area contributed by atoms with Gasteiger partial charge in [-0.05, 0) is 12.1 Å². The van der Waals surface area contributed by atoms with Crippen LogP contribution >= 0.6 is 11.6 Å². The molecule has 0 atom stereocenters. The van der Waals surface area contributed by atoms with Crippen molar-refractivity contribution >= 4 is 17.3 Å². The number of aromatic hydroxyl groups is 2. The highest BCUT2D eigenvalue weighted by Crippen LogP contribution is 2.33. The molecule has 2 rings (SSSR count). The molecule has 1 aromatic carbocycles. The molecule has 0 saturated carbocycles. The molecular weight excluding hydrogens is 279 g/mol. The molecule has 1 aromatic heterocycles. The Labute approximate surface area is 111 Å². The standard InChI is InChI=1S/C11H8ClFN2O4/c12-5-6-3-10(16)14(11(6)17)7-1-2-8(13)9(4-7)15(18)19/h1-4,16-17H,5H2. The normalized spacial score (nSPS) is 10.6. The lowest BCUT2D eigenvalue weighted by atomic mass is 10.2. The molecule has 2 aromatic rings. The Bertz CT molecular complexity index is 656. The van der Waals surface area contributed by atoms with Crippen LogP contribution < -0.4 is 0 Å². The predicted octanol–water partition coefficient (Wildman–Crippen LogP) is 2.67. The summed E-state index contributed by atoms with van der Waals surface area (Å²) in [5, 5.41) is 30.1. The molecule has 1 heterocycles. The Morgan fingerprint density at radius 2 is 2.05 bits per heavy atom. The van der Waals surface area contributed by atoms with E-state index in [-0.39, 0.29) is 28.9 Å². The molecule has 0 aliphatic carbocycles. The molecule has 0 spiro atoms. The Morgan fingerprint density at radius 3 is 2.58 bits per heavy atom. The van der Waals surface area contributed by atoms with Crippen molar-refractivity contribution in [1.82, 2.24) is 4.57 Å². The van der Waals surface area contributed by atoms with Crippen molar-refractivity contribution in [3.05, 3.63) is 45.8 Å². The van der Waals surface area contributed by atoms with E-state index in [1.807, 2.05) is 0 Å². The van der Waals surface area contributed by atoms with Gasteiger partial charge in [-0.2, -0.15) is 4.39 Å². The first-order valence-corrected chi connectivity index (χ1v) is 5.62. The first-order valence-electron chi connectivity index (χ1n) is 5.08. The minimum absolute atomic E-state index is 0.0460. The summed E-state index contributed by atoms with van der Waals surface area (Å²) in [7, 11) is 0. The van der Waals surface area contributed by atoms with Gasteiger partial charge in [-0.15, -0.1) is 11.6 Å². The van der Waals surface area contributed by atoms with E-state index in [2.05, 4.69) is 0 Å². The molecule has 0 aliphatic heterocycles. The second kappa shape index (κ2) is 4.77. The lowest BCUT2D eigenvalue weighted by Gasteiger charge is -2.07. The fraction of sp³-hybridized carbons (Fsp3) is 0.0909. The summed E-state index contributed by atoms with van der Waals surface area (Å²) in [5.74, 6) is -1.75. The van der Waals surface area contributed by atoms with Crippen LogP contribution in [0.4, 0.5) is 10.1 Å². The van der Waals surface area contributed by atoms with Crippen LogP contribution in [0.5, 0.6) is 11.8 Å². The quantitative estimate of drug-likeness (QED) is 0.516. The third kappa shape index (κ3) is 2.19. The monoisotopic (exact) mass is 286 g/mol. The fourth-order valence-electron chi connectivity index (χ4n) is 1.67. The number of rotatable bonds is 3. The van der Waals surface area contributed by atoms with Crippen molar-refractivity contribution in [2.45, 2.75) is 5.88 Å². The van der Waals surface area contributed by atoms with E-state index in [0.29, 0.717) is 0 Å². The van der Waals surface area contributed by atoms with Gasteiger partial charge in [-0.1, -0.05) is 0 Å². The zero-order valence-electron chi connectivity index (χ0n) is 9.38. The zero-order valence-corrected chi connectivity index (χ0v) is 10.1. The van der Waals surface area contributed by atoms with Crippen LogP contribution in [0.2, 0.25) is 0 Å². The fourth-order valence-corrected chi connectivity index (χ4v) is 1.87. The van der Waals surface area contributed by atoms with Crippen LogP contribution in [0.25, 0.3) is 5.69 Å². The highest BCUT2D eigenvalue weighted by atomic mass is 35.5. The van der Waals surface area contributed by atoms with Crippen molar-refractivity contribution in [3.8, 4) is 17.4 Å². The number of nitro benzene ring substituents is 1. The Kier molecular flexibility index (Phi) is 3.30. The third-order valence-corrected chi connectivity index (χ3v) is 2.85. The molecule has 8 heteroatoms. The molecule has 2 N–H and O–H groups in total. The van der Waals surface area contributed by atoms with E-state index in [1.165, 1.54) is 12.1 Å². The molecule has 0 amide bonds. The van der Waals surface area contributed by atoms with Gasteiger partial charge in [-0.25, -0.2) is 0 Å². The number of aromatic nitrogens is 1. The molecule has 0 radical (unpaired) electrons. The van der Waals surface area contributed by atoms with Crippen molar-refractivity contribution in [3.63, 3.8) is 0 Å². The van der Waals surface area contributed by atoms with Crippen LogP contribution in [0.3, 0.4) is 0 Å². The minimum Gasteiger partial charge on any atom is -0.494 e. The summed E-state index contributed by atoms with van der Waals surface area (Å²) >= 11 is 5.56. The summed E-state index contributed by atoms with van der Waals surface area (Å²) in [6, 6.07) is 4.21. The van der Waals surface area contributed by atoms with Crippen LogP contribution in [-0.4, -0.2) is 19.7 Å². The first kappa shape index (κ1) is 13.2. The average molecular weight is 287 g/mol. The predicted molar refractivity (Wildman–Crippen MR) is 65.3 cm³/mol. The molecule has 6 nitrogen and oxygen atoms in total. The summed E-state index contributed by atoms with van der Waals surface area (Å²) in [6.07, 6.45) is 0. The van der Waals surface area contributed by atoms with Crippen molar-refractivity contribution in [2.24, 2.45) is 0 Å². The Balaban J connectivity index is 2.63. The molecular formula is C11H8ClFN2O4. The van der Waals surface area contributed by atoms with Gasteiger partial charge in [0.15, 0.2) is 5.88 Å². The maximum absolute atomic E-state index is 13.2. The molecule has 0 aliphatic rings. The van der Waals surface area contributed by atoms with E-state index in [0.717, 1.165) is 16.7 Å². The van der Waals surface area contributed by atoms with Crippen LogP contribution in [-0.2, 0) is 5.88 Å². The summed E-state index contributed by atoms with van der Waals surface area (Å²) < 4.78 is 14.1. The number of nitrogens with zero attached hydrogens (tertiary/aromatic N) is 2. The van der Waals surface area contributed by atoms with Crippen molar-refractivity contribution < 1.29 is 19.5 Å². The van der Waals surface area contributed by atoms with Gasteiger partial charge < -0.3 is 10.2 Å². The smallest absolute Gasteiger partial charge is 0.306 e. The summed E-state index contributed by atoms with van der Waals surface area (Å²) in [6.45, 7) is 0. The average Bonchev–Trinajstić information content (AvgIpc) is 2.65. The maximum atomic E-state index is 13.2. The highest BCUT2D eigenvalue weighted by molar-refractivity contribution is 6.17. The lowest BCUT2D eigenvalue weighted by molar-refractivity contribution is -0.387. The molecule has 0 unspecified atom stereocenters. The zero-order chi connectivity index (χ0) is 14.2. The van der Waals surface area contributed by atoms with E-state index < -0.39 is 16.4 Å². The summed E-state index contributed by atoms with van der Waals surface area (Å²) in [5.41, 5.74) is -0.442. The molecule has 100 valence electrons. The maximum Gasteiger partial charge on any atom is 0.306 e.